The number of hydrogen-bond acceptors (Lipinski definition) is 4. The quantitative estimate of drug-likeness (QED) is 0.593. The number of aromatic nitrogens is 3. The molecule has 1 aromatic carbocycles. The lowest BCUT2D eigenvalue weighted by atomic mass is 10.2. The highest BCUT2D eigenvalue weighted by atomic mass is 35.5. The van der Waals surface area contributed by atoms with E-state index < -0.39 is 0 Å². The number of rotatable bonds is 4. The van der Waals surface area contributed by atoms with E-state index in [-0.39, 0.29) is 0 Å². The maximum Gasteiger partial charge on any atom is 0.175 e. The van der Waals surface area contributed by atoms with E-state index in [0.29, 0.717) is 21.7 Å². The van der Waals surface area contributed by atoms with Crippen molar-refractivity contribution in [1.82, 2.24) is 14.9 Å². The lowest BCUT2D eigenvalue weighted by Crippen LogP contribution is -2.19. The third kappa shape index (κ3) is 4.17. The molecule has 26 heavy (non-hydrogen) atoms. The Hall–Kier alpha value is -2.09. The summed E-state index contributed by atoms with van der Waals surface area (Å²) >= 11 is 17.6. The summed E-state index contributed by atoms with van der Waals surface area (Å²) < 4.78 is 6.97. The van der Waals surface area contributed by atoms with Gasteiger partial charge in [-0.1, -0.05) is 28.4 Å². The summed E-state index contributed by atoms with van der Waals surface area (Å²) in [7, 11) is 0. The first-order valence-corrected chi connectivity index (χ1v) is 8.97. The van der Waals surface area contributed by atoms with Crippen molar-refractivity contribution >= 4 is 51.9 Å². The molecular weight excluding hydrogens is 393 g/mol. The van der Waals surface area contributed by atoms with Gasteiger partial charge in [-0.3, -0.25) is 4.68 Å². The van der Waals surface area contributed by atoms with Gasteiger partial charge in [0, 0.05) is 16.8 Å². The molecule has 0 saturated carbocycles. The standard InChI is InChI=1S/C17H17Cl2N5OS/c1-9-4-12(18)5-15(19)16(9)22-17(26)21-13-6-20-24(7-13)8-14-10(2)23-25-11(14)3/h4-7H,8H2,1-3H3,(H2,21,22,26). The molecule has 136 valence electrons. The molecule has 0 saturated heterocycles. The molecule has 0 aliphatic carbocycles. The molecule has 0 unspecified atom stereocenters. The van der Waals surface area contributed by atoms with Gasteiger partial charge in [0.1, 0.15) is 5.76 Å². The molecule has 3 rings (SSSR count). The van der Waals surface area contributed by atoms with Crippen LogP contribution in [0.1, 0.15) is 22.6 Å². The van der Waals surface area contributed by atoms with Gasteiger partial charge in [-0.15, -0.1) is 0 Å². The minimum atomic E-state index is 0.411. The van der Waals surface area contributed by atoms with Crippen molar-refractivity contribution in [2.45, 2.75) is 27.3 Å². The van der Waals surface area contributed by atoms with E-state index in [0.717, 1.165) is 34.0 Å². The van der Waals surface area contributed by atoms with Crippen LogP contribution in [0.5, 0.6) is 0 Å². The first-order valence-electron chi connectivity index (χ1n) is 7.81. The molecular formula is C17H17Cl2N5OS. The largest absolute Gasteiger partial charge is 0.361 e. The van der Waals surface area contributed by atoms with Crippen LogP contribution >= 0.6 is 35.4 Å². The van der Waals surface area contributed by atoms with Crippen molar-refractivity contribution < 1.29 is 4.52 Å². The summed E-state index contributed by atoms with van der Waals surface area (Å²) in [5.41, 5.74) is 4.26. The second kappa shape index (κ2) is 7.65. The van der Waals surface area contributed by atoms with Gasteiger partial charge < -0.3 is 15.2 Å². The second-order valence-electron chi connectivity index (χ2n) is 5.89. The SMILES string of the molecule is Cc1cc(Cl)cc(Cl)c1NC(=S)Nc1cnn(Cc2c(C)noc2C)c1. The molecule has 0 aliphatic rings. The van der Waals surface area contributed by atoms with Gasteiger partial charge in [-0.25, -0.2) is 0 Å². The number of nitrogens with one attached hydrogen (secondary N) is 2. The fraction of sp³-hybridized carbons (Fsp3) is 0.235. The Morgan fingerprint density at radius 2 is 2.00 bits per heavy atom. The summed E-state index contributed by atoms with van der Waals surface area (Å²) in [4.78, 5) is 0. The molecule has 0 atom stereocenters. The molecule has 2 heterocycles. The number of aryl methyl sites for hydroxylation is 3. The Kier molecular flexibility index (Phi) is 5.50. The molecule has 2 N–H and O–H groups in total. The number of benzene rings is 1. The highest BCUT2D eigenvalue weighted by molar-refractivity contribution is 7.80. The molecule has 0 spiro atoms. The zero-order valence-electron chi connectivity index (χ0n) is 14.4. The van der Waals surface area contributed by atoms with Crippen molar-refractivity contribution in [3.8, 4) is 0 Å². The average molecular weight is 410 g/mol. The van der Waals surface area contributed by atoms with Crippen LogP contribution in [0.15, 0.2) is 29.0 Å². The Bertz CT molecular complexity index is 923. The molecule has 0 fully saturated rings. The van der Waals surface area contributed by atoms with Gasteiger partial charge in [0.05, 0.1) is 34.8 Å². The van der Waals surface area contributed by atoms with Crippen LogP contribution in [0.25, 0.3) is 0 Å². The van der Waals surface area contributed by atoms with E-state index in [1.807, 2.05) is 33.0 Å². The molecule has 6 nitrogen and oxygen atoms in total. The number of anilines is 2. The molecule has 2 aromatic heterocycles. The number of thiocarbonyl (C=S) groups is 1. The Morgan fingerprint density at radius 1 is 1.23 bits per heavy atom. The lowest BCUT2D eigenvalue weighted by molar-refractivity contribution is 0.391. The Morgan fingerprint density at radius 3 is 2.65 bits per heavy atom. The summed E-state index contributed by atoms with van der Waals surface area (Å²) in [6.45, 7) is 6.27. The minimum Gasteiger partial charge on any atom is -0.361 e. The molecule has 9 heteroatoms. The zero-order valence-corrected chi connectivity index (χ0v) is 16.8. The van der Waals surface area contributed by atoms with Crippen LogP contribution in [0, 0.1) is 20.8 Å². The molecule has 3 aromatic rings. The van der Waals surface area contributed by atoms with Crippen molar-refractivity contribution in [2.75, 3.05) is 10.6 Å². The fourth-order valence-electron chi connectivity index (χ4n) is 2.54. The zero-order chi connectivity index (χ0) is 18.8. The third-order valence-corrected chi connectivity index (χ3v) is 4.60. The summed E-state index contributed by atoms with van der Waals surface area (Å²) in [6, 6.07) is 3.49. The summed E-state index contributed by atoms with van der Waals surface area (Å²) in [5.74, 6) is 0.789. The van der Waals surface area contributed by atoms with Crippen LogP contribution in [0.3, 0.4) is 0 Å². The van der Waals surface area contributed by atoms with E-state index in [1.54, 1.807) is 16.9 Å². The van der Waals surface area contributed by atoms with Crippen LogP contribution in [0.4, 0.5) is 11.4 Å². The first kappa shape index (κ1) is 18.7. The summed E-state index contributed by atoms with van der Waals surface area (Å²) in [5, 5.41) is 16.0. The van der Waals surface area contributed by atoms with Crippen LogP contribution in [-0.2, 0) is 6.54 Å². The van der Waals surface area contributed by atoms with Gasteiger partial charge in [-0.2, -0.15) is 5.10 Å². The van der Waals surface area contributed by atoms with Crippen molar-refractivity contribution in [3.05, 3.63) is 57.2 Å². The second-order valence-corrected chi connectivity index (χ2v) is 7.14. The van der Waals surface area contributed by atoms with Gasteiger partial charge in [0.25, 0.3) is 0 Å². The van der Waals surface area contributed by atoms with Gasteiger partial charge in [0.15, 0.2) is 5.11 Å². The molecule has 0 aliphatic heterocycles. The van der Waals surface area contributed by atoms with Crippen LogP contribution < -0.4 is 10.6 Å². The highest BCUT2D eigenvalue weighted by Crippen LogP contribution is 2.29. The van der Waals surface area contributed by atoms with E-state index in [1.165, 1.54) is 0 Å². The van der Waals surface area contributed by atoms with Crippen LogP contribution in [0.2, 0.25) is 10.0 Å². The number of hydrogen-bond donors (Lipinski definition) is 2. The van der Waals surface area contributed by atoms with E-state index in [4.69, 9.17) is 39.9 Å². The smallest absolute Gasteiger partial charge is 0.175 e. The first-order chi connectivity index (χ1) is 12.3. The predicted octanol–water partition coefficient (Wildman–Crippen LogP) is 4.96. The van der Waals surface area contributed by atoms with Crippen molar-refractivity contribution in [2.24, 2.45) is 0 Å². The summed E-state index contributed by atoms with van der Waals surface area (Å²) in [6.07, 6.45) is 3.55. The number of halogens is 2. The monoisotopic (exact) mass is 409 g/mol. The maximum atomic E-state index is 6.23. The van der Waals surface area contributed by atoms with Gasteiger partial charge in [-0.05, 0) is 50.7 Å². The fourth-order valence-corrected chi connectivity index (χ4v) is 3.40. The topological polar surface area (TPSA) is 67.9 Å². The van der Waals surface area contributed by atoms with E-state index in [9.17, 15) is 0 Å². The Balaban J connectivity index is 1.67. The maximum absolute atomic E-state index is 6.23. The average Bonchev–Trinajstić information content (AvgIpc) is 3.12. The third-order valence-electron chi connectivity index (χ3n) is 3.88. The van der Waals surface area contributed by atoms with Crippen molar-refractivity contribution in [3.63, 3.8) is 0 Å². The molecule has 0 amide bonds. The number of nitrogens with zero attached hydrogens (tertiary/aromatic N) is 3. The van der Waals surface area contributed by atoms with Gasteiger partial charge >= 0.3 is 0 Å². The van der Waals surface area contributed by atoms with Crippen LogP contribution in [-0.4, -0.2) is 20.0 Å². The van der Waals surface area contributed by atoms with Crippen molar-refractivity contribution in [1.29, 1.82) is 0 Å². The molecule has 0 bridgehead atoms. The minimum absolute atomic E-state index is 0.411. The lowest BCUT2D eigenvalue weighted by Gasteiger charge is -2.13. The molecule has 0 radical (unpaired) electrons. The predicted molar refractivity (Wildman–Crippen MR) is 108 cm³/mol. The van der Waals surface area contributed by atoms with E-state index in [2.05, 4.69) is 20.9 Å². The normalized spacial score (nSPS) is 10.8. The van der Waals surface area contributed by atoms with E-state index >= 15 is 0 Å². The van der Waals surface area contributed by atoms with Gasteiger partial charge in [0.2, 0.25) is 0 Å². The Labute approximate surface area is 166 Å². The highest BCUT2D eigenvalue weighted by Gasteiger charge is 2.12.